The number of hydrogen-bond acceptors (Lipinski definition) is 3. The highest BCUT2D eigenvalue weighted by atomic mass is 16.3. The number of piperidine rings is 1. The molecular weight excluding hydrogens is 328 g/mol. The monoisotopic (exact) mass is 356 g/mol. The molecule has 140 valence electrons. The van der Waals surface area contributed by atoms with Gasteiger partial charge in [0.15, 0.2) is 0 Å². The Labute approximate surface area is 154 Å². The quantitative estimate of drug-likeness (QED) is 0.835. The summed E-state index contributed by atoms with van der Waals surface area (Å²) in [5.41, 5.74) is 1.98. The van der Waals surface area contributed by atoms with E-state index in [2.05, 4.69) is 22.5 Å². The molecule has 1 saturated heterocycles. The van der Waals surface area contributed by atoms with Gasteiger partial charge in [0, 0.05) is 25.8 Å². The van der Waals surface area contributed by atoms with Crippen molar-refractivity contribution >= 4 is 11.7 Å². The number of carbonyl (C=O) groups excluding carboxylic acids is 1. The summed E-state index contributed by atoms with van der Waals surface area (Å²) in [6, 6.07) is 10.2. The highest BCUT2D eigenvalue weighted by Crippen LogP contribution is 2.24. The third-order valence-electron chi connectivity index (χ3n) is 5.15. The minimum absolute atomic E-state index is 0.0853. The molecule has 6 heteroatoms. The normalized spacial score (nSPS) is 16.5. The van der Waals surface area contributed by atoms with Crippen LogP contribution in [-0.2, 0) is 13.0 Å². The van der Waals surface area contributed by atoms with Crippen LogP contribution in [0, 0.1) is 5.92 Å². The fourth-order valence-electron chi connectivity index (χ4n) is 3.49. The standard InChI is InChI=1S/C20H28N4O2/c1-2-24-15-18(14-21-24)22-20(26)23-12-10-17(11-13-23)19(25)9-8-16-6-4-3-5-7-16/h3-7,14-15,17,19,25H,2,8-13H2,1H3,(H,22,26). The first kappa shape index (κ1) is 18.5. The van der Waals surface area contributed by atoms with E-state index < -0.39 is 0 Å². The number of nitrogens with one attached hydrogen (secondary N) is 1. The fourth-order valence-corrected chi connectivity index (χ4v) is 3.49. The van der Waals surface area contributed by atoms with Crippen molar-refractivity contribution in [2.75, 3.05) is 18.4 Å². The number of carbonyl (C=O) groups is 1. The maximum Gasteiger partial charge on any atom is 0.321 e. The Kier molecular flexibility index (Phi) is 6.28. The Morgan fingerprint density at radius 3 is 2.69 bits per heavy atom. The van der Waals surface area contributed by atoms with Gasteiger partial charge in [-0.15, -0.1) is 0 Å². The second kappa shape index (κ2) is 8.85. The van der Waals surface area contributed by atoms with Crippen LogP contribution in [0.25, 0.3) is 0 Å². The molecule has 0 aliphatic carbocycles. The zero-order chi connectivity index (χ0) is 18.4. The van der Waals surface area contributed by atoms with Crippen LogP contribution in [0.2, 0.25) is 0 Å². The van der Waals surface area contributed by atoms with Crippen LogP contribution in [-0.4, -0.2) is 45.0 Å². The SMILES string of the molecule is CCn1cc(NC(=O)N2CCC(C(O)CCc3ccccc3)CC2)cn1. The summed E-state index contributed by atoms with van der Waals surface area (Å²) in [5.74, 6) is 0.269. The van der Waals surface area contributed by atoms with E-state index in [9.17, 15) is 9.90 Å². The maximum atomic E-state index is 12.4. The van der Waals surface area contributed by atoms with Crippen LogP contribution < -0.4 is 5.32 Å². The van der Waals surface area contributed by atoms with E-state index in [0.717, 1.165) is 37.9 Å². The summed E-state index contributed by atoms with van der Waals surface area (Å²) in [6.45, 7) is 4.15. The van der Waals surface area contributed by atoms with Crippen LogP contribution in [0.1, 0.15) is 31.7 Å². The van der Waals surface area contributed by atoms with Gasteiger partial charge in [0.05, 0.1) is 18.0 Å². The molecule has 1 fully saturated rings. The van der Waals surface area contributed by atoms with E-state index in [-0.39, 0.29) is 18.1 Å². The lowest BCUT2D eigenvalue weighted by Crippen LogP contribution is -2.43. The number of aliphatic hydroxyl groups excluding tert-OH is 1. The van der Waals surface area contributed by atoms with Gasteiger partial charge in [-0.05, 0) is 44.1 Å². The number of amides is 2. The molecule has 2 heterocycles. The summed E-state index contributed by atoms with van der Waals surface area (Å²) in [4.78, 5) is 14.2. The van der Waals surface area contributed by atoms with Crippen molar-refractivity contribution in [1.29, 1.82) is 0 Å². The van der Waals surface area contributed by atoms with E-state index in [0.29, 0.717) is 13.1 Å². The van der Waals surface area contributed by atoms with Crippen molar-refractivity contribution in [3.05, 3.63) is 48.3 Å². The Hall–Kier alpha value is -2.34. The topological polar surface area (TPSA) is 70.4 Å². The number of anilines is 1. The molecule has 0 saturated carbocycles. The van der Waals surface area contributed by atoms with Crippen molar-refractivity contribution in [3.63, 3.8) is 0 Å². The number of nitrogens with zero attached hydrogens (tertiary/aromatic N) is 3. The average Bonchev–Trinajstić information content (AvgIpc) is 3.14. The summed E-state index contributed by atoms with van der Waals surface area (Å²) in [7, 11) is 0. The van der Waals surface area contributed by atoms with Crippen molar-refractivity contribution in [1.82, 2.24) is 14.7 Å². The summed E-state index contributed by atoms with van der Waals surface area (Å²) in [6.07, 6.45) is 6.55. The highest BCUT2D eigenvalue weighted by molar-refractivity contribution is 5.89. The van der Waals surface area contributed by atoms with Gasteiger partial charge in [-0.2, -0.15) is 5.10 Å². The zero-order valence-electron chi connectivity index (χ0n) is 15.3. The van der Waals surface area contributed by atoms with Crippen LogP contribution in [0.15, 0.2) is 42.7 Å². The number of aliphatic hydroxyl groups is 1. The lowest BCUT2D eigenvalue weighted by Gasteiger charge is -2.34. The Morgan fingerprint density at radius 1 is 1.31 bits per heavy atom. The molecule has 26 heavy (non-hydrogen) atoms. The summed E-state index contributed by atoms with van der Waals surface area (Å²) in [5, 5.41) is 17.6. The first-order chi connectivity index (χ1) is 12.7. The van der Waals surface area contributed by atoms with Gasteiger partial charge < -0.3 is 15.3 Å². The van der Waals surface area contributed by atoms with Gasteiger partial charge in [0.1, 0.15) is 0 Å². The first-order valence-corrected chi connectivity index (χ1v) is 9.46. The molecule has 1 aliphatic heterocycles. The predicted octanol–water partition coefficient (Wildman–Crippen LogP) is 3.14. The van der Waals surface area contributed by atoms with Gasteiger partial charge in [-0.1, -0.05) is 30.3 Å². The number of aromatic nitrogens is 2. The van der Waals surface area contributed by atoms with Crippen LogP contribution in [0.4, 0.5) is 10.5 Å². The molecule has 0 radical (unpaired) electrons. The van der Waals surface area contributed by atoms with Gasteiger partial charge in [0.2, 0.25) is 0 Å². The van der Waals surface area contributed by atoms with Crippen molar-refractivity contribution < 1.29 is 9.90 Å². The maximum absolute atomic E-state index is 12.4. The van der Waals surface area contributed by atoms with Crippen LogP contribution in [0.3, 0.4) is 0 Å². The summed E-state index contributed by atoms with van der Waals surface area (Å²) < 4.78 is 1.78. The van der Waals surface area contributed by atoms with E-state index in [1.807, 2.05) is 36.2 Å². The molecule has 2 N–H and O–H groups in total. The van der Waals surface area contributed by atoms with E-state index >= 15 is 0 Å². The third-order valence-corrected chi connectivity index (χ3v) is 5.15. The van der Waals surface area contributed by atoms with E-state index in [1.165, 1.54) is 5.56 Å². The minimum Gasteiger partial charge on any atom is -0.393 e. The Bertz CT molecular complexity index is 693. The second-order valence-corrected chi connectivity index (χ2v) is 6.93. The number of hydrogen-bond donors (Lipinski definition) is 2. The number of benzene rings is 1. The zero-order valence-corrected chi connectivity index (χ0v) is 15.3. The lowest BCUT2D eigenvalue weighted by molar-refractivity contribution is 0.0626. The van der Waals surface area contributed by atoms with Gasteiger partial charge in [-0.3, -0.25) is 4.68 Å². The molecule has 0 spiro atoms. The first-order valence-electron chi connectivity index (χ1n) is 9.46. The smallest absolute Gasteiger partial charge is 0.321 e. The molecule has 1 unspecified atom stereocenters. The van der Waals surface area contributed by atoms with Crippen molar-refractivity contribution in [3.8, 4) is 0 Å². The number of rotatable bonds is 6. The highest BCUT2D eigenvalue weighted by Gasteiger charge is 2.27. The summed E-state index contributed by atoms with van der Waals surface area (Å²) >= 11 is 0. The molecule has 2 aromatic rings. The molecule has 0 bridgehead atoms. The molecule has 6 nitrogen and oxygen atoms in total. The molecule has 3 rings (SSSR count). The molecule has 2 amide bonds. The van der Waals surface area contributed by atoms with Crippen molar-refractivity contribution in [2.24, 2.45) is 5.92 Å². The fraction of sp³-hybridized carbons (Fsp3) is 0.500. The van der Waals surface area contributed by atoms with Gasteiger partial charge in [0.25, 0.3) is 0 Å². The average molecular weight is 356 g/mol. The second-order valence-electron chi connectivity index (χ2n) is 6.93. The van der Waals surface area contributed by atoms with Crippen LogP contribution >= 0.6 is 0 Å². The molecule has 1 aromatic heterocycles. The third kappa shape index (κ3) is 4.85. The minimum atomic E-state index is -0.303. The molecule has 1 atom stereocenters. The van der Waals surface area contributed by atoms with E-state index in [4.69, 9.17) is 0 Å². The van der Waals surface area contributed by atoms with Crippen LogP contribution in [0.5, 0.6) is 0 Å². The molecular formula is C20H28N4O2. The Morgan fingerprint density at radius 2 is 2.04 bits per heavy atom. The molecule has 1 aliphatic rings. The predicted molar refractivity (Wildman–Crippen MR) is 102 cm³/mol. The largest absolute Gasteiger partial charge is 0.393 e. The van der Waals surface area contributed by atoms with Crippen molar-refractivity contribution in [2.45, 2.75) is 45.3 Å². The lowest BCUT2D eigenvalue weighted by atomic mass is 9.88. The molecule has 1 aromatic carbocycles. The number of likely N-dealkylation sites (tertiary alicyclic amines) is 1. The number of aryl methyl sites for hydroxylation is 2. The Balaban J connectivity index is 1.42. The van der Waals surface area contributed by atoms with Gasteiger partial charge in [-0.25, -0.2) is 4.79 Å². The van der Waals surface area contributed by atoms with E-state index in [1.54, 1.807) is 10.9 Å². The number of urea groups is 1. The van der Waals surface area contributed by atoms with Gasteiger partial charge >= 0.3 is 6.03 Å².